The Morgan fingerprint density at radius 1 is 1.29 bits per heavy atom. The zero-order chi connectivity index (χ0) is 10.3. The van der Waals surface area contributed by atoms with Gasteiger partial charge in [-0.1, -0.05) is 39.7 Å². The predicted molar refractivity (Wildman–Crippen MR) is 66.9 cm³/mol. The van der Waals surface area contributed by atoms with Crippen LogP contribution >= 0.6 is 43.5 Å². The summed E-state index contributed by atoms with van der Waals surface area (Å²) < 4.78 is 1.96. The van der Waals surface area contributed by atoms with E-state index in [0.717, 1.165) is 25.4 Å². The van der Waals surface area contributed by atoms with Crippen LogP contribution in [0.3, 0.4) is 0 Å². The van der Waals surface area contributed by atoms with Gasteiger partial charge < -0.3 is 0 Å². The molecule has 0 aliphatic heterocycles. The van der Waals surface area contributed by atoms with E-state index in [9.17, 15) is 0 Å². The number of rotatable bonds is 0. The van der Waals surface area contributed by atoms with Gasteiger partial charge in [-0.25, -0.2) is 4.98 Å². The lowest BCUT2D eigenvalue weighted by Gasteiger charge is -2.06. The number of halogens is 3. The van der Waals surface area contributed by atoms with Crippen molar-refractivity contribution in [3.63, 3.8) is 0 Å². The van der Waals surface area contributed by atoms with Crippen LogP contribution in [0.1, 0.15) is 5.69 Å². The number of benzene rings is 1. The molecule has 1 aromatic heterocycles. The van der Waals surface area contributed by atoms with E-state index in [0.29, 0.717) is 5.15 Å². The molecule has 0 aliphatic carbocycles. The molecule has 0 radical (unpaired) electrons. The lowest BCUT2D eigenvalue weighted by atomic mass is 10.1. The van der Waals surface area contributed by atoms with Crippen LogP contribution in [0, 0.1) is 6.92 Å². The van der Waals surface area contributed by atoms with Gasteiger partial charge in [0.1, 0.15) is 5.15 Å². The van der Waals surface area contributed by atoms with E-state index in [1.165, 1.54) is 0 Å². The van der Waals surface area contributed by atoms with Gasteiger partial charge in [-0.15, -0.1) is 0 Å². The number of fused-ring (bicyclic) bond motifs is 1. The Bertz CT molecular complexity index is 511. The summed E-state index contributed by atoms with van der Waals surface area (Å²) in [5.74, 6) is 0. The van der Waals surface area contributed by atoms with Gasteiger partial charge in [-0.2, -0.15) is 0 Å². The molecule has 1 nitrogen and oxygen atoms in total. The minimum Gasteiger partial charge on any atom is -0.240 e. The first-order valence-corrected chi connectivity index (χ1v) is 5.97. The molecule has 0 bridgehead atoms. The maximum Gasteiger partial charge on any atom is 0.138 e. The Morgan fingerprint density at radius 3 is 2.71 bits per heavy atom. The molecule has 2 aromatic rings. The molecule has 1 aromatic carbocycles. The summed E-state index contributed by atoms with van der Waals surface area (Å²) in [6, 6.07) is 5.95. The van der Waals surface area contributed by atoms with E-state index in [1.54, 1.807) is 0 Å². The van der Waals surface area contributed by atoms with Crippen molar-refractivity contribution in [1.82, 2.24) is 4.98 Å². The van der Waals surface area contributed by atoms with Crippen LogP contribution in [0.2, 0.25) is 5.15 Å². The fourth-order valence-electron chi connectivity index (χ4n) is 1.36. The van der Waals surface area contributed by atoms with Gasteiger partial charge in [0.2, 0.25) is 0 Å². The monoisotopic (exact) mass is 333 g/mol. The molecule has 0 aliphatic rings. The second-order valence-electron chi connectivity index (χ2n) is 2.96. The molecule has 0 N–H and O–H groups in total. The van der Waals surface area contributed by atoms with Crippen molar-refractivity contribution in [2.24, 2.45) is 0 Å². The van der Waals surface area contributed by atoms with E-state index in [-0.39, 0.29) is 0 Å². The van der Waals surface area contributed by atoms with Crippen LogP contribution in [0.5, 0.6) is 0 Å². The third-order valence-electron chi connectivity index (χ3n) is 2.04. The quantitative estimate of drug-likeness (QED) is 0.635. The molecular weight excluding hydrogens is 329 g/mol. The molecule has 0 saturated carbocycles. The van der Waals surface area contributed by atoms with Gasteiger partial charge in [-0.05, 0) is 28.9 Å². The molecule has 0 saturated heterocycles. The summed E-state index contributed by atoms with van der Waals surface area (Å²) in [7, 11) is 0. The Hall–Kier alpha value is -0.120. The molecule has 0 fully saturated rings. The first-order valence-electron chi connectivity index (χ1n) is 4.01. The topological polar surface area (TPSA) is 12.9 Å². The molecule has 14 heavy (non-hydrogen) atoms. The van der Waals surface area contributed by atoms with Gasteiger partial charge in [0, 0.05) is 19.7 Å². The van der Waals surface area contributed by atoms with Crippen molar-refractivity contribution in [1.29, 1.82) is 0 Å². The maximum atomic E-state index is 6.08. The van der Waals surface area contributed by atoms with Gasteiger partial charge >= 0.3 is 0 Å². The molecule has 2 rings (SSSR count). The summed E-state index contributed by atoms with van der Waals surface area (Å²) in [5, 5.41) is 2.57. The number of nitrogens with zero attached hydrogens (tertiary/aromatic N) is 1. The number of pyridine rings is 1. The van der Waals surface area contributed by atoms with Crippen LogP contribution in [0.25, 0.3) is 10.8 Å². The van der Waals surface area contributed by atoms with E-state index >= 15 is 0 Å². The third-order valence-corrected chi connectivity index (χ3v) is 3.98. The first-order chi connectivity index (χ1) is 6.61. The Labute approximate surface area is 104 Å². The molecule has 0 atom stereocenters. The maximum absolute atomic E-state index is 6.08. The minimum atomic E-state index is 0.535. The lowest BCUT2D eigenvalue weighted by Crippen LogP contribution is -1.88. The number of hydrogen-bond acceptors (Lipinski definition) is 1. The second kappa shape index (κ2) is 3.80. The molecule has 0 unspecified atom stereocenters. The number of aromatic nitrogens is 1. The van der Waals surface area contributed by atoms with Crippen molar-refractivity contribution < 1.29 is 0 Å². The number of hydrogen-bond donors (Lipinski definition) is 0. The highest BCUT2D eigenvalue weighted by Gasteiger charge is 2.09. The first kappa shape index (κ1) is 10.4. The molecule has 72 valence electrons. The van der Waals surface area contributed by atoms with Crippen LogP contribution in [-0.2, 0) is 0 Å². The molecule has 0 amide bonds. The minimum absolute atomic E-state index is 0.535. The van der Waals surface area contributed by atoms with E-state index in [1.807, 2.05) is 25.1 Å². The Balaban J connectivity index is 3.02. The van der Waals surface area contributed by atoms with Gasteiger partial charge in [0.05, 0.1) is 5.69 Å². The van der Waals surface area contributed by atoms with Gasteiger partial charge in [0.15, 0.2) is 0 Å². The van der Waals surface area contributed by atoms with Gasteiger partial charge in [0.25, 0.3) is 0 Å². The zero-order valence-electron chi connectivity index (χ0n) is 7.31. The summed E-state index contributed by atoms with van der Waals surface area (Å²) in [5.41, 5.74) is 0.903. The van der Waals surface area contributed by atoms with Gasteiger partial charge in [-0.3, -0.25) is 0 Å². The number of aryl methyl sites for hydroxylation is 1. The third kappa shape index (κ3) is 1.58. The van der Waals surface area contributed by atoms with Crippen LogP contribution in [-0.4, -0.2) is 4.98 Å². The van der Waals surface area contributed by atoms with E-state index in [4.69, 9.17) is 11.6 Å². The van der Waals surface area contributed by atoms with Crippen molar-refractivity contribution in [2.75, 3.05) is 0 Å². The zero-order valence-corrected chi connectivity index (χ0v) is 11.2. The molecule has 4 heteroatoms. The summed E-state index contributed by atoms with van der Waals surface area (Å²) >= 11 is 13.0. The highest BCUT2D eigenvalue weighted by atomic mass is 79.9. The Morgan fingerprint density at radius 2 is 2.00 bits per heavy atom. The SMILES string of the molecule is Cc1nc(Cl)c2c(Br)cccc2c1Br. The summed E-state index contributed by atoms with van der Waals surface area (Å²) in [6.45, 7) is 1.93. The summed E-state index contributed by atoms with van der Waals surface area (Å²) in [4.78, 5) is 4.25. The average molecular weight is 335 g/mol. The van der Waals surface area contributed by atoms with E-state index in [2.05, 4.69) is 36.8 Å². The average Bonchev–Trinajstić information content (AvgIpc) is 2.14. The van der Waals surface area contributed by atoms with E-state index < -0.39 is 0 Å². The molecular formula is C10H6Br2ClN. The molecule has 1 heterocycles. The highest BCUT2D eigenvalue weighted by molar-refractivity contribution is 9.11. The van der Waals surface area contributed by atoms with Crippen molar-refractivity contribution >= 4 is 54.2 Å². The Kier molecular flexibility index (Phi) is 2.82. The smallest absolute Gasteiger partial charge is 0.138 e. The normalized spacial score (nSPS) is 10.9. The van der Waals surface area contributed by atoms with Crippen molar-refractivity contribution in [2.45, 2.75) is 6.92 Å². The van der Waals surface area contributed by atoms with Crippen molar-refractivity contribution in [3.05, 3.63) is 38.0 Å². The van der Waals surface area contributed by atoms with Crippen LogP contribution in [0.4, 0.5) is 0 Å². The fourth-order valence-corrected chi connectivity index (χ4v) is 2.78. The summed E-state index contributed by atoms with van der Waals surface area (Å²) in [6.07, 6.45) is 0. The van der Waals surface area contributed by atoms with Crippen molar-refractivity contribution in [3.8, 4) is 0 Å². The van der Waals surface area contributed by atoms with Crippen LogP contribution < -0.4 is 0 Å². The predicted octanol–water partition coefficient (Wildman–Crippen LogP) is 4.72. The molecule has 0 spiro atoms. The highest BCUT2D eigenvalue weighted by Crippen LogP contribution is 2.35. The van der Waals surface area contributed by atoms with Crippen LogP contribution in [0.15, 0.2) is 27.1 Å². The standard InChI is InChI=1S/C10H6Br2ClN/c1-5-9(12)6-3-2-4-7(11)8(6)10(13)14-5/h2-4H,1H3. The fraction of sp³-hybridized carbons (Fsp3) is 0.100. The lowest BCUT2D eigenvalue weighted by molar-refractivity contribution is 1.20. The largest absolute Gasteiger partial charge is 0.240 e. The second-order valence-corrected chi connectivity index (χ2v) is 4.97.